The largest absolute Gasteiger partial charge is 0.478 e. The second-order valence-corrected chi connectivity index (χ2v) is 3.41. The maximum atomic E-state index is 10.8. The molecule has 1 amide bonds. The number of aromatic carboxylic acids is 1. The molecule has 6 nitrogen and oxygen atoms in total. The van der Waals surface area contributed by atoms with E-state index < -0.39 is 12.2 Å². The van der Waals surface area contributed by atoms with Crippen molar-refractivity contribution in [2.75, 3.05) is 0 Å². The number of amides is 1. The Kier molecular flexibility index (Phi) is 2.49. The summed E-state index contributed by atoms with van der Waals surface area (Å²) in [6, 6.07) is 6.03. The smallest absolute Gasteiger partial charge is 0.335 e. The van der Waals surface area contributed by atoms with E-state index in [0.717, 1.165) is 5.01 Å². The van der Waals surface area contributed by atoms with Gasteiger partial charge in [0.1, 0.15) is 5.75 Å². The molecule has 3 N–H and O–H groups in total. The fourth-order valence-electron chi connectivity index (χ4n) is 1.36. The molecule has 1 fully saturated rings. The van der Waals surface area contributed by atoms with Crippen LogP contribution >= 0.6 is 0 Å². The minimum absolute atomic E-state index is 0.131. The second kappa shape index (κ2) is 3.82. The van der Waals surface area contributed by atoms with E-state index in [1.165, 1.54) is 12.1 Å². The molecule has 2 rings (SSSR count). The number of nitrogens with two attached hydrogens (primary N) is 1. The van der Waals surface area contributed by atoms with Gasteiger partial charge in [0.15, 0.2) is 6.23 Å². The van der Waals surface area contributed by atoms with Gasteiger partial charge in [0.05, 0.1) is 12.0 Å². The van der Waals surface area contributed by atoms with E-state index in [2.05, 4.69) is 0 Å². The average Bonchev–Trinajstić information content (AvgIpc) is 2.28. The normalized spacial score (nSPS) is 19.2. The van der Waals surface area contributed by atoms with Crippen LogP contribution in [0, 0.1) is 0 Å². The predicted octanol–water partition coefficient (Wildman–Crippen LogP) is 0.196. The van der Waals surface area contributed by atoms with Crippen LogP contribution in [0.2, 0.25) is 0 Å². The van der Waals surface area contributed by atoms with Gasteiger partial charge in [0.25, 0.3) is 0 Å². The summed E-state index contributed by atoms with van der Waals surface area (Å²) < 4.78 is 5.34. The van der Waals surface area contributed by atoms with E-state index >= 15 is 0 Å². The first-order chi connectivity index (χ1) is 7.58. The summed E-state index contributed by atoms with van der Waals surface area (Å²) in [6.07, 6.45) is -0.287. The van der Waals surface area contributed by atoms with E-state index in [1.54, 1.807) is 12.1 Å². The molecule has 1 saturated heterocycles. The molecule has 0 saturated carbocycles. The van der Waals surface area contributed by atoms with E-state index in [-0.39, 0.29) is 17.9 Å². The Bertz CT molecular complexity index is 446. The molecule has 1 aromatic rings. The minimum atomic E-state index is -1.03. The number of benzene rings is 1. The second-order valence-electron chi connectivity index (χ2n) is 3.41. The first-order valence-corrected chi connectivity index (χ1v) is 4.64. The van der Waals surface area contributed by atoms with Crippen LogP contribution in [0.4, 0.5) is 0 Å². The standard InChI is InChI=1S/C10H10N2O4/c11-12-8(13)5-9(12)16-7-3-1-2-6(4-7)10(14)15/h1-4,9H,5,11H2,(H,14,15). The minimum Gasteiger partial charge on any atom is -0.478 e. The van der Waals surface area contributed by atoms with Crippen LogP contribution in [0.3, 0.4) is 0 Å². The van der Waals surface area contributed by atoms with Gasteiger partial charge in [-0.1, -0.05) is 6.07 Å². The first kappa shape index (κ1) is 10.4. The number of carboxylic acids is 1. The summed E-state index contributed by atoms with van der Waals surface area (Å²) in [7, 11) is 0. The van der Waals surface area contributed by atoms with Crippen LogP contribution in [-0.4, -0.2) is 28.2 Å². The summed E-state index contributed by atoms with van der Waals surface area (Å²) in [5.41, 5.74) is 0.131. The van der Waals surface area contributed by atoms with Crippen LogP contribution in [0.1, 0.15) is 16.8 Å². The number of nitrogens with zero attached hydrogens (tertiary/aromatic N) is 1. The first-order valence-electron chi connectivity index (χ1n) is 4.64. The third-order valence-corrected chi connectivity index (χ3v) is 2.30. The van der Waals surface area contributed by atoms with Crippen LogP contribution in [0.5, 0.6) is 5.75 Å². The topological polar surface area (TPSA) is 92.9 Å². The molecule has 0 aliphatic carbocycles. The third kappa shape index (κ3) is 1.82. The Morgan fingerprint density at radius 1 is 1.56 bits per heavy atom. The number of carbonyl (C=O) groups excluding carboxylic acids is 1. The maximum absolute atomic E-state index is 10.8. The summed E-state index contributed by atoms with van der Waals surface area (Å²) in [5.74, 6) is 4.51. The molecule has 1 aliphatic rings. The molecule has 1 aromatic carbocycles. The SMILES string of the molecule is NN1C(=O)CC1Oc1cccc(C(=O)O)c1. The Balaban J connectivity index is 2.07. The van der Waals surface area contributed by atoms with Crippen LogP contribution in [-0.2, 0) is 4.79 Å². The molecule has 0 aromatic heterocycles. The average molecular weight is 222 g/mol. The molecule has 6 heteroatoms. The number of rotatable bonds is 3. The molecule has 0 spiro atoms. The van der Waals surface area contributed by atoms with Crippen molar-refractivity contribution in [3.63, 3.8) is 0 Å². The highest BCUT2D eigenvalue weighted by Gasteiger charge is 2.35. The van der Waals surface area contributed by atoms with Crippen molar-refractivity contribution >= 4 is 11.9 Å². The molecular weight excluding hydrogens is 212 g/mol. The highest BCUT2D eigenvalue weighted by atomic mass is 16.5. The fraction of sp³-hybridized carbons (Fsp3) is 0.200. The van der Waals surface area contributed by atoms with E-state index in [9.17, 15) is 9.59 Å². The Morgan fingerprint density at radius 2 is 2.31 bits per heavy atom. The third-order valence-electron chi connectivity index (χ3n) is 2.30. The number of hydrogen-bond donors (Lipinski definition) is 2. The van der Waals surface area contributed by atoms with Crippen molar-refractivity contribution in [3.05, 3.63) is 29.8 Å². The highest BCUT2D eigenvalue weighted by Crippen LogP contribution is 2.21. The number of hydrazine groups is 1. The lowest BCUT2D eigenvalue weighted by Gasteiger charge is -2.35. The molecular formula is C10H10N2O4. The van der Waals surface area contributed by atoms with Gasteiger partial charge in [-0.3, -0.25) is 4.79 Å². The number of ether oxygens (including phenoxy) is 1. The maximum Gasteiger partial charge on any atom is 0.335 e. The van der Waals surface area contributed by atoms with Gasteiger partial charge in [-0.25, -0.2) is 15.6 Å². The zero-order valence-electron chi connectivity index (χ0n) is 8.29. The van der Waals surface area contributed by atoms with E-state index in [0.29, 0.717) is 5.75 Å². The fourth-order valence-corrected chi connectivity index (χ4v) is 1.36. The molecule has 1 unspecified atom stereocenters. The van der Waals surface area contributed by atoms with Gasteiger partial charge in [0.2, 0.25) is 5.91 Å². The molecule has 0 bridgehead atoms. The molecule has 1 atom stereocenters. The van der Waals surface area contributed by atoms with Crippen molar-refractivity contribution in [1.82, 2.24) is 5.01 Å². The highest BCUT2D eigenvalue weighted by molar-refractivity contribution is 5.88. The molecule has 16 heavy (non-hydrogen) atoms. The number of carboxylic acid groups (broad SMARTS) is 1. The monoisotopic (exact) mass is 222 g/mol. The summed E-state index contributed by atoms with van der Waals surface area (Å²) in [4.78, 5) is 21.5. The Labute approximate surface area is 91.2 Å². The van der Waals surface area contributed by atoms with E-state index in [1.807, 2.05) is 0 Å². The Hall–Kier alpha value is -2.08. The predicted molar refractivity (Wildman–Crippen MR) is 53.5 cm³/mol. The molecule has 1 aliphatic heterocycles. The van der Waals surface area contributed by atoms with Crippen molar-refractivity contribution in [3.8, 4) is 5.75 Å². The van der Waals surface area contributed by atoms with Gasteiger partial charge in [-0.2, -0.15) is 0 Å². The summed E-state index contributed by atoms with van der Waals surface area (Å²) in [5, 5.41) is 9.74. The van der Waals surface area contributed by atoms with Crippen LogP contribution < -0.4 is 10.6 Å². The van der Waals surface area contributed by atoms with E-state index in [4.69, 9.17) is 15.7 Å². The van der Waals surface area contributed by atoms with Gasteiger partial charge >= 0.3 is 5.97 Å². The zero-order valence-corrected chi connectivity index (χ0v) is 8.29. The van der Waals surface area contributed by atoms with Crippen LogP contribution in [0.25, 0.3) is 0 Å². The van der Waals surface area contributed by atoms with Gasteiger partial charge in [-0.15, -0.1) is 0 Å². The quantitative estimate of drug-likeness (QED) is 0.433. The van der Waals surface area contributed by atoms with Gasteiger partial charge < -0.3 is 9.84 Å². The van der Waals surface area contributed by atoms with Crippen LogP contribution in [0.15, 0.2) is 24.3 Å². The molecule has 84 valence electrons. The van der Waals surface area contributed by atoms with Crippen molar-refractivity contribution < 1.29 is 19.4 Å². The lowest BCUT2D eigenvalue weighted by atomic mass is 10.2. The number of carbonyl (C=O) groups is 2. The van der Waals surface area contributed by atoms with Crippen molar-refractivity contribution in [2.24, 2.45) is 5.84 Å². The summed E-state index contributed by atoms with van der Waals surface area (Å²) >= 11 is 0. The lowest BCUT2D eigenvalue weighted by molar-refractivity contribution is -0.161. The lowest BCUT2D eigenvalue weighted by Crippen LogP contribution is -2.59. The Morgan fingerprint density at radius 3 is 2.88 bits per heavy atom. The number of hydrogen-bond acceptors (Lipinski definition) is 4. The number of β-lactam (4-membered cyclic amide) rings is 1. The zero-order chi connectivity index (χ0) is 11.7. The molecule has 1 heterocycles. The van der Waals surface area contributed by atoms with Crippen molar-refractivity contribution in [1.29, 1.82) is 0 Å². The van der Waals surface area contributed by atoms with Gasteiger partial charge in [0, 0.05) is 0 Å². The van der Waals surface area contributed by atoms with Crippen molar-refractivity contribution in [2.45, 2.75) is 12.6 Å². The molecule has 0 radical (unpaired) electrons. The van der Waals surface area contributed by atoms with Gasteiger partial charge in [-0.05, 0) is 18.2 Å². The summed E-state index contributed by atoms with van der Waals surface area (Å²) in [6.45, 7) is 0.